The molecule has 0 bridgehead atoms. The van der Waals surface area contributed by atoms with E-state index >= 15 is 0 Å². The van der Waals surface area contributed by atoms with Gasteiger partial charge in [0, 0.05) is 18.6 Å². The molecule has 0 aromatic rings. The number of ether oxygens (including phenoxy) is 1. The summed E-state index contributed by atoms with van der Waals surface area (Å²) in [5.74, 6) is -0.140. The van der Waals surface area contributed by atoms with Crippen LogP contribution < -0.4 is 5.32 Å². The molecule has 1 saturated carbocycles. The molecule has 0 aromatic heterocycles. The van der Waals surface area contributed by atoms with E-state index in [4.69, 9.17) is 4.74 Å². The van der Waals surface area contributed by atoms with Gasteiger partial charge in [0.05, 0.1) is 6.61 Å². The van der Waals surface area contributed by atoms with E-state index in [0.29, 0.717) is 19.2 Å². The number of hydrogen-bond donors (Lipinski definition) is 1. The first kappa shape index (κ1) is 18.4. The predicted molar refractivity (Wildman–Crippen MR) is 87.4 cm³/mol. The lowest BCUT2D eigenvalue weighted by atomic mass is 9.98. The molecule has 1 aliphatic rings. The molecular weight excluding hydrogens is 264 g/mol. The normalized spacial score (nSPS) is 20.3. The Balaban J connectivity index is 2.71. The Labute approximate surface area is 130 Å². The summed E-state index contributed by atoms with van der Waals surface area (Å²) < 4.78 is 5.29. The van der Waals surface area contributed by atoms with Gasteiger partial charge in [-0.05, 0) is 47.6 Å². The largest absolute Gasteiger partial charge is 0.465 e. The van der Waals surface area contributed by atoms with E-state index in [1.54, 1.807) is 0 Å². The molecule has 1 aliphatic carbocycles. The second kappa shape index (κ2) is 8.74. The number of likely N-dealkylation sites (N-methyl/N-ethyl adjacent to an activating group) is 1. The van der Waals surface area contributed by atoms with Crippen molar-refractivity contribution in [3.05, 3.63) is 0 Å². The van der Waals surface area contributed by atoms with Gasteiger partial charge >= 0.3 is 5.97 Å². The fraction of sp³-hybridized carbons (Fsp3) is 0.941. The first-order chi connectivity index (χ1) is 9.89. The van der Waals surface area contributed by atoms with E-state index in [1.807, 2.05) is 13.8 Å². The lowest BCUT2D eigenvalue weighted by Gasteiger charge is -2.37. The summed E-state index contributed by atoms with van der Waals surface area (Å²) in [4.78, 5) is 14.7. The van der Waals surface area contributed by atoms with E-state index < -0.39 is 5.54 Å². The van der Waals surface area contributed by atoms with Crippen LogP contribution in [0.1, 0.15) is 66.2 Å². The molecule has 1 fully saturated rings. The average Bonchev–Trinajstić information content (AvgIpc) is 2.66. The quantitative estimate of drug-likeness (QED) is 0.579. The van der Waals surface area contributed by atoms with Crippen LogP contribution in [-0.2, 0) is 9.53 Å². The molecule has 0 aliphatic heterocycles. The van der Waals surface area contributed by atoms with Gasteiger partial charge in [0.2, 0.25) is 0 Å². The van der Waals surface area contributed by atoms with Crippen LogP contribution in [0.5, 0.6) is 0 Å². The zero-order chi connectivity index (χ0) is 15.9. The Morgan fingerprint density at radius 2 is 1.86 bits per heavy atom. The number of nitrogens with zero attached hydrogens (tertiary/aromatic N) is 1. The summed E-state index contributed by atoms with van der Waals surface area (Å²) in [6.07, 6.45) is 7.81. The van der Waals surface area contributed by atoms with Gasteiger partial charge in [-0.2, -0.15) is 0 Å². The lowest BCUT2D eigenvalue weighted by molar-refractivity contribution is -0.151. The van der Waals surface area contributed by atoms with E-state index in [1.165, 1.54) is 38.5 Å². The molecule has 4 nitrogen and oxygen atoms in total. The molecule has 1 N–H and O–H groups in total. The number of hydrogen-bond acceptors (Lipinski definition) is 4. The van der Waals surface area contributed by atoms with Crippen molar-refractivity contribution in [3.63, 3.8) is 0 Å². The molecule has 1 rings (SSSR count). The third-order valence-corrected chi connectivity index (χ3v) is 4.35. The summed E-state index contributed by atoms with van der Waals surface area (Å²) in [5, 5.41) is 3.41. The second-order valence-corrected chi connectivity index (χ2v) is 6.91. The van der Waals surface area contributed by atoms with Crippen LogP contribution in [0, 0.1) is 0 Å². The highest BCUT2D eigenvalue weighted by molar-refractivity contribution is 5.80. The van der Waals surface area contributed by atoms with Crippen molar-refractivity contribution >= 4 is 5.97 Å². The first-order valence-electron chi connectivity index (χ1n) is 8.54. The van der Waals surface area contributed by atoms with Crippen molar-refractivity contribution in [1.29, 1.82) is 0 Å². The van der Waals surface area contributed by atoms with Crippen LogP contribution in [-0.4, -0.2) is 48.7 Å². The lowest BCUT2D eigenvalue weighted by Crippen LogP contribution is -2.60. The number of rotatable bonds is 7. The standard InChI is InChI=1S/C17H34N2O2/c1-6-21-16(20)17(4,18-14(2)3)13-19(5)15-11-9-7-8-10-12-15/h14-15,18H,6-13H2,1-5H3. The number of esters is 1. The average molecular weight is 298 g/mol. The van der Waals surface area contributed by atoms with Gasteiger partial charge in [0.15, 0.2) is 0 Å². The maximum atomic E-state index is 12.4. The van der Waals surface area contributed by atoms with Gasteiger partial charge < -0.3 is 9.64 Å². The fourth-order valence-electron chi connectivity index (χ4n) is 3.42. The molecule has 0 aromatic carbocycles. The van der Waals surface area contributed by atoms with Crippen molar-refractivity contribution in [2.75, 3.05) is 20.2 Å². The number of nitrogens with one attached hydrogen (secondary N) is 1. The topological polar surface area (TPSA) is 41.6 Å². The molecule has 1 atom stereocenters. The van der Waals surface area contributed by atoms with E-state index in [0.717, 1.165) is 0 Å². The third-order valence-electron chi connectivity index (χ3n) is 4.35. The van der Waals surface area contributed by atoms with Gasteiger partial charge in [0.25, 0.3) is 0 Å². The minimum absolute atomic E-state index is 0.140. The summed E-state index contributed by atoms with van der Waals surface area (Å²) in [7, 11) is 2.15. The highest BCUT2D eigenvalue weighted by atomic mass is 16.5. The summed E-state index contributed by atoms with van der Waals surface area (Å²) in [5.41, 5.74) is -0.634. The minimum atomic E-state index is -0.634. The van der Waals surface area contributed by atoms with Crippen molar-refractivity contribution in [2.24, 2.45) is 0 Å². The van der Waals surface area contributed by atoms with Crippen LogP contribution >= 0.6 is 0 Å². The fourth-order valence-corrected chi connectivity index (χ4v) is 3.42. The summed E-state index contributed by atoms with van der Waals surface area (Å²) in [6, 6.07) is 0.845. The molecule has 0 heterocycles. The van der Waals surface area contributed by atoms with Crippen LogP contribution in [0.2, 0.25) is 0 Å². The van der Waals surface area contributed by atoms with Crippen molar-refractivity contribution in [2.45, 2.75) is 83.8 Å². The molecule has 4 heteroatoms. The van der Waals surface area contributed by atoms with Crippen LogP contribution in [0.25, 0.3) is 0 Å². The zero-order valence-electron chi connectivity index (χ0n) is 14.6. The minimum Gasteiger partial charge on any atom is -0.465 e. The van der Waals surface area contributed by atoms with Crippen molar-refractivity contribution < 1.29 is 9.53 Å². The summed E-state index contributed by atoms with van der Waals surface area (Å²) in [6.45, 7) is 9.11. The van der Waals surface area contributed by atoms with Gasteiger partial charge in [-0.15, -0.1) is 0 Å². The first-order valence-corrected chi connectivity index (χ1v) is 8.54. The smallest absolute Gasteiger partial charge is 0.327 e. The maximum absolute atomic E-state index is 12.4. The van der Waals surface area contributed by atoms with E-state index in [9.17, 15) is 4.79 Å². The van der Waals surface area contributed by atoms with Crippen molar-refractivity contribution in [1.82, 2.24) is 10.2 Å². The number of carbonyl (C=O) groups excluding carboxylic acids is 1. The van der Waals surface area contributed by atoms with Crippen LogP contribution in [0.3, 0.4) is 0 Å². The molecule has 21 heavy (non-hydrogen) atoms. The number of carbonyl (C=O) groups is 1. The third kappa shape index (κ3) is 5.95. The Bertz CT molecular complexity index is 312. The molecule has 0 amide bonds. The molecule has 0 saturated heterocycles. The molecule has 0 radical (unpaired) electrons. The molecule has 124 valence electrons. The molecule has 1 unspecified atom stereocenters. The van der Waals surface area contributed by atoms with Gasteiger partial charge in [0.1, 0.15) is 5.54 Å². The van der Waals surface area contributed by atoms with Crippen molar-refractivity contribution in [3.8, 4) is 0 Å². The highest BCUT2D eigenvalue weighted by Crippen LogP contribution is 2.23. The Morgan fingerprint density at radius 1 is 1.29 bits per heavy atom. The van der Waals surface area contributed by atoms with Crippen LogP contribution in [0.15, 0.2) is 0 Å². The van der Waals surface area contributed by atoms with E-state index in [-0.39, 0.29) is 12.0 Å². The highest BCUT2D eigenvalue weighted by Gasteiger charge is 2.37. The molecule has 0 spiro atoms. The van der Waals surface area contributed by atoms with Gasteiger partial charge in [-0.3, -0.25) is 10.1 Å². The van der Waals surface area contributed by atoms with Gasteiger partial charge in [-0.25, -0.2) is 0 Å². The summed E-state index contributed by atoms with van der Waals surface area (Å²) >= 11 is 0. The predicted octanol–water partition coefficient (Wildman–Crippen LogP) is 2.96. The monoisotopic (exact) mass is 298 g/mol. The second-order valence-electron chi connectivity index (χ2n) is 6.91. The molecular formula is C17H34N2O2. The maximum Gasteiger partial charge on any atom is 0.327 e. The zero-order valence-corrected chi connectivity index (χ0v) is 14.6. The van der Waals surface area contributed by atoms with Gasteiger partial charge in [-0.1, -0.05) is 25.7 Å². The Morgan fingerprint density at radius 3 is 2.33 bits per heavy atom. The SMILES string of the molecule is CCOC(=O)C(C)(CN(C)C1CCCCCC1)NC(C)C. The van der Waals surface area contributed by atoms with E-state index in [2.05, 4.69) is 31.1 Å². The Hall–Kier alpha value is -0.610. The van der Waals surface area contributed by atoms with Crippen LogP contribution in [0.4, 0.5) is 0 Å². The Kier molecular flexibility index (Phi) is 7.67.